The van der Waals surface area contributed by atoms with E-state index in [1.807, 2.05) is 5.48 Å². The van der Waals surface area contributed by atoms with Gasteiger partial charge in [0.05, 0.1) is 27.2 Å². The second-order valence-corrected chi connectivity index (χ2v) is 2.85. The molecule has 9 nitrogen and oxygen atoms in total. The largest absolute Gasteiger partial charge is 0.281 e. The normalized spacial score (nSPS) is 9.88. The summed E-state index contributed by atoms with van der Waals surface area (Å²) in [6, 6.07) is 1.84. The molecule has 0 heterocycles. The molecule has 0 saturated heterocycles. The molecule has 1 rings (SSSR count). The van der Waals surface area contributed by atoms with Crippen LogP contribution in [0.25, 0.3) is 0 Å². The number of nitro groups is 2. The maximum Gasteiger partial charge on any atom is 0.281 e. The zero-order valence-electron chi connectivity index (χ0n) is 8.04. The van der Waals surface area contributed by atoms with Gasteiger partial charge in [-0.2, -0.15) is 0 Å². The van der Waals surface area contributed by atoms with Crippen LogP contribution in [-0.2, 0) is 4.99 Å². The third-order valence-electron chi connectivity index (χ3n) is 1.93. The molecule has 0 saturated carbocycles. The minimum atomic E-state index is -0.783. The smallest absolute Gasteiger partial charge is 0.258 e. The van der Waals surface area contributed by atoms with Gasteiger partial charge in [-0.3, -0.25) is 20.2 Å². The van der Waals surface area contributed by atoms with Crippen LogP contribution in [0.3, 0.4) is 0 Å². The molecule has 2 N–H and O–H groups in total. The van der Waals surface area contributed by atoms with Crippen molar-refractivity contribution < 1.29 is 20.1 Å². The first-order chi connectivity index (χ1) is 7.47. The second kappa shape index (κ2) is 4.51. The molecule has 16 heavy (non-hydrogen) atoms. The Kier molecular flexibility index (Phi) is 3.33. The topological polar surface area (TPSA) is 128 Å². The summed E-state index contributed by atoms with van der Waals surface area (Å²) in [5.41, 5.74) is 1.06. The monoisotopic (exact) mass is 229 g/mol. The van der Waals surface area contributed by atoms with E-state index < -0.39 is 21.2 Å². The van der Waals surface area contributed by atoms with E-state index >= 15 is 0 Å². The van der Waals surface area contributed by atoms with E-state index in [0.717, 1.165) is 12.1 Å². The Morgan fingerprint density at radius 1 is 1.31 bits per heavy atom. The molecule has 0 atom stereocenters. The number of anilines is 1. The van der Waals surface area contributed by atoms with Crippen molar-refractivity contribution in [3.63, 3.8) is 0 Å². The Bertz CT molecular complexity index is 446. The van der Waals surface area contributed by atoms with Crippen LogP contribution in [0.4, 0.5) is 17.1 Å². The van der Waals surface area contributed by atoms with Crippen molar-refractivity contribution in [3.8, 4) is 0 Å². The maximum atomic E-state index is 10.6. The van der Waals surface area contributed by atoms with Crippen molar-refractivity contribution in [1.82, 2.24) is 0 Å². The minimum absolute atomic E-state index is 0.0524. The van der Waals surface area contributed by atoms with E-state index in [1.165, 1.54) is 6.92 Å². The van der Waals surface area contributed by atoms with Crippen LogP contribution in [0.2, 0.25) is 0 Å². The highest BCUT2D eigenvalue weighted by molar-refractivity contribution is 5.64. The molecular weight excluding hydrogens is 222 g/mol. The molecule has 0 spiro atoms. The molecule has 0 aliphatic rings. The van der Waals surface area contributed by atoms with E-state index in [0.29, 0.717) is 0 Å². The van der Waals surface area contributed by atoms with Gasteiger partial charge in [0.15, 0.2) is 0 Å². The molecule has 0 bridgehead atoms. The van der Waals surface area contributed by atoms with Crippen LogP contribution in [0.15, 0.2) is 12.1 Å². The highest BCUT2D eigenvalue weighted by Crippen LogP contribution is 2.31. The van der Waals surface area contributed by atoms with Crippen LogP contribution in [0.1, 0.15) is 5.56 Å². The standard InChI is InChI=1S/C7H7N3O6/c1-4-6(8-16-15)2-5(9(11)12)3-7(4)10(13)14/h2-3,8,15H,1H3. The average Bonchev–Trinajstić information content (AvgIpc) is 2.20. The molecule has 9 heteroatoms. The van der Waals surface area contributed by atoms with Crippen molar-refractivity contribution >= 4 is 17.1 Å². The van der Waals surface area contributed by atoms with Gasteiger partial charge >= 0.3 is 0 Å². The lowest BCUT2D eigenvalue weighted by Crippen LogP contribution is -2.03. The summed E-state index contributed by atoms with van der Waals surface area (Å²) in [4.78, 5) is 23.1. The fourth-order valence-electron chi connectivity index (χ4n) is 1.13. The van der Waals surface area contributed by atoms with E-state index in [9.17, 15) is 20.2 Å². The van der Waals surface area contributed by atoms with Crippen molar-refractivity contribution in [2.75, 3.05) is 5.48 Å². The zero-order chi connectivity index (χ0) is 12.3. The molecule has 1 aromatic rings. The van der Waals surface area contributed by atoms with Gasteiger partial charge in [-0.25, -0.2) is 10.7 Å². The summed E-state index contributed by atoms with van der Waals surface area (Å²) in [6.07, 6.45) is 0. The number of hydrogen-bond acceptors (Lipinski definition) is 7. The van der Waals surface area contributed by atoms with Gasteiger partial charge in [-0.1, -0.05) is 0 Å². The van der Waals surface area contributed by atoms with E-state index in [1.54, 1.807) is 0 Å². The van der Waals surface area contributed by atoms with E-state index in [-0.39, 0.29) is 11.3 Å². The fraction of sp³-hybridized carbons (Fsp3) is 0.143. The van der Waals surface area contributed by atoms with Crippen LogP contribution in [-0.4, -0.2) is 15.1 Å². The van der Waals surface area contributed by atoms with Gasteiger partial charge in [-0.05, 0) is 6.92 Å². The summed E-state index contributed by atoms with van der Waals surface area (Å²) in [5, 5.41) is 29.3. The number of benzene rings is 1. The number of rotatable bonds is 4. The number of hydrogen-bond donors (Lipinski definition) is 2. The Morgan fingerprint density at radius 3 is 2.38 bits per heavy atom. The lowest BCUT2D eigenvalue weighted by molar-refractivity contribution is -0.394. The van der Waals surface area contributed by atoms with Gasteiger partial charge in [0.25, 0.3) is 11.4 Å². The van der Waals surface area contributed by atoms with Crippen molar-refractivity contribution in [3.05, 3.63) is 37.9 Å². The SMILES string of the molecule is Cc1c(NOO)cc([N+](=O)[O-])cc1[N+](=O)[O-]. The van der Waals surface area contributed by atoms with E-state index in [4.69, 9.17) is 5.26 Å². The van der Waals surface area contributed by atoms with Gasteiger partial charge in [0, 0.05) is 6.07 Å². The van der Waals surface area contributed by atoms with Gasteiger partial charge in [0.2, 0.25) is 0 Å². The third kappa shape index (κ3) is 2.21. The second-order valence-electron chi connectivity index (χ2n) is 2.85. The molecule has 0 aliphatic carbocycles. The molecule has 0 unspecified atom stereocenters. The number of nitro benzene ring substituents is 2. The van der Waals surface area contributed by atoms with Crippen molar-refractivity contribution in [2.45, 2.75) is 6.92 Å². The summed E-state index contributed by atoms with van der Waals surface area (Å²) in [5.74, 6) is 0. The lowest BCUT2D eigenvalue weighted by Gasteiger charge is -2.05. The molecule has 86 valence electrons. The molecule has 0 amide bonds. The molecule has 0 aromatic heterocycles. The molecule has 0 aliphatic heterocycles. The summed E-state index contributed by atoms with van der Waals surface area (Å²) in [7, 11) is 0. The van der Waals surface area contributed by atoms with E-state index in [2.05, 4.69) is 4.99 Å². The molecule has 0 radical (unpaired) electrons. The highest BCUT2D eigenvalue weighted by atomic mass is 17.2. The van der Waals surface area contributed by atoms with Gasteiger partial charge < -0.3 is 0 Å². The lowest BCUT2D eigenvalue weighted by atomic mass is 10.1. The van der Waals surface area contributed by atoms with Crippen LogP contribution < -0.4 is 5.48 Å². The van der Waals surface area contributed by atoms with Crippen LogP contribution in [0.5, 0.6) is 0 Å². The quantitative estimate of drug-likeness (QED) is 0.456. The number of non-ortho nitro benzene ring substituents is 1. The Morgan fingerprint density at radius 2 is 1.94 bits per heavy atom. The summed E-state index contributed by atoms with van der Waals surface area (Å²) in [6.45, 7) is 1.36. The summed E-state index contributed by atoms with van der Waals surface area (Å²) < 4.78 is 0. The van der Waals surface area contributed by atoms with Gasteiger partial charge in [-0.15, -0.1) is 4.99 Å². The predicted octanol–water partition coefficient (Wildman–Crippen LogP) is 1.63. The first-order valence-corrected chi connectivity index (χ1v) is 3.97. The first kappa shape index (κ1) is 11.8. The molecule has 0 fully saturated rings. The highest BCUT2D eigenvalue weighted by Gasteiger charge is 2.21. The fourth-order valence-corrected chi connectivity index (χ4v) is 1.13. The predicted molar refractivity (Wildman–Crippen MR) is 51.8 cm³/mol. The Labute approximate surface area is 88.4 Å². The molecule has 1 aromatic carbocycles. The Balaban J connectivity index is 3.38. The maximum absolute atomic E-state index is 10.6. The zero-order valence-corrected chi connectivity index (χ0v) is 8.04. The molecular formula is C7H7N3O6. The first-order valence-electron chi connectivity index (χ1n) is 3.97. The third-order valence-corrected chi connectivity index (χ3v) is 1.93. The average molecular weight is 229 g/mol. The minimum Gasteiger partial charge on any atom is -0.258 e. The summed E-state index contributed by atoms with van der Waals surface area (Å²) >= 11 is 0. The number of nitrogens with zero attached hydrogens (tertiary/aromatic N) is 2. The van der Waals surface area contributed by atoms with Crippen molar-refractivity contribution in [2.24, 2.45) is 0 Å². The van der Waals surface area contributed by atoms with Crippen molar-refractivity contribution in [1.29, 1.82) is 0 Å². The Hall–Kier alpha value is -2.26. The van der Waals surface area contributed by atoms with Crippen LogP contribution >= 0.6 is 0 Å². The van der Waals surface area contributed by atoms with Crippen LogP contribution in [0, 0.1) is 27.2 Å². The van der Waals surface area contributed by atoms with Gasteiger partial charge in [0.1, 0.15) is 0 Å². The number of nitrogens with one attached hydrogen (secondary N) is 1.